The molecule has 1 aromatic rings. The maximum Gasteiger partial charge on any atom is 0.244 e. The number of hydrogen-bond donors (Lipinski definition) is 2. The molecule has 0 bridgehead atoms. The summed E-state index contributed by atoms with van der Waals surface area (Å²) in [6.07, 6.45) is 2.38. The zero-order chi connectivity index (χ0) is 16.0. The minimum Gasteiger partial charge on any atom is -0.396 e. The summed E-state index contributed by atoms with van der Waals surface area (Å²) in [5.74, 6) is 0.569. The third kappa shape index (κ3) is 5.09. The minimum absolute atomic E-state index is 0.0634. The summed E-state index contributed by atoms with van der Waals surface area (Å²) in [6, 6.07) is 0. The molecule has 0 amide bonds. The molecule has 21 heavy (non-hydrogen) atoms. The van der Waals surface area contributed by atoms with E-state index in [9.17, 15) is 8.42 Å². The van der Waals surface area contributed by atoms with Crippen molar-refractivity contribution in [3.63, 3.8) is 0 Å². The van der Waals surface area contributed by atoms with Gasteiger partial charge < -0.3 is 5.11 Å². The lowest BCUT2D eigenvalue weighted by molar-refractivity contribution is 0.276. The molecule has 0 spiro atoms. The van der Waals surface area contributed by atoms with Crippen LogP contribution in [0.4, 0.5) is 0 Å². The van der Waals surface area contributed by atoms with Gasteiger partial charge in [0.15, 0.2) is 0 Å². The molecule has 122 valence electrons. The second-order valence-corrected chi connectivity index (χ2v) is 7.44. The number of nitrogens with one attached hydrogen (secondary N) is 1. The van der Waals surface area contributed by atoms with E-state index in [-0.39, 0.29) is 11.5 Å². The van der Waals surface area contributed by atoms with Crippen LogP contribution in [0, 0.1) is 19.8 Å². The third-order valence-electron chi connectivity index (χ3n) is 3.36. The largest absolute Gasteiger partial charge is 0.396 e. The third-order valence-corrected chi connectivity index (χ3v) is 5.07. The van der Waals surface area contributed by atoms with Crippen molar-refractivity contribution in [2.24, 2.45) is 5.92 Å². The Morgan fingerprint density at radius 1 is 1.29 bits per heavy atom. The fourth-order valence-corrected chi connectivity index (χ4v) is 3.78. The fourth-order valence-electron chi connectivity index (χ4n) is 2.30. The Kier molecular flexibility index (Phi) is 6.83. The van der Waals surface area contributed by atoms with Gasteiger partial charge in [-0.05, 0) is 39.0 Å². The van der Waals surface area contributed by atoms with Gasteiger partial charge in [-0.3, -0.25) is 4.68 Å². The van der Waals surface area contributed by atoms with Gasteiger partial charge in [0.1, 0.15) is 4.90 Å². The summed E-state index contributed by atoms with van der Waals surface area (Å²) in [4.78, 5) is 0.269. The molecule has 1 aromatic heterocycles. The van der Waals surface area contributed by atoms with E-state index in [0.29, 0.717) is 36.8 Å². The summed E-state index contributed by atoms with van der Waals surface area (Å²) in [7, 11) is -3.52. The topological polar surface area (TPSA) is 84.2 Å². The number of sulfonamides is 1. The van der Waals surface area contributed by atoms with Crippen molar-refractivity contribution in [1.82, 2.24) is 14.5 Å². The molecule has 1 rings (SSSR count). The highest BCUT2D eigenvalue weighted by Gasteiger charge is 2.23. The SMILES string of the molecule is Cc1nn(CCCO)c(C)c1S(=O)(=O)NCCCC(C)C. The van der Waals surface area contributed by atoms with Gasteiger partial charge in [-0.2, -0.15) is 5.10 Å². The summed E-state index contributed by atoms with van der Waals surface area (Å²) >= 11 is 0. The first-order chi connectivity index (χ1) is 9.79. The standard InChI is InChI=1S/C14H27N3O3S/c1-11(2)7-5-8-15-21(19,20)14-12(3)16-17(13(14)4)9-6-10-18/h11,15,18H,5-10H2,1-4H3. The van der Waals surface area contributed by atoms with E-state index in [2.05, 4.69) is 23.7 Å². The van der Waals surface area contributed by atoms with Gasteiger partial charge in [-0.25, -0.2) is 13.1 Å². The van der Waals surface area contributed by atoms with Gasteiger partial charge in [-0.15, -0.1) is 0 Å². The van der Waals surface area contributed by atoms with Crippen LogP contribution < -0.4 is 4.72 Å². The normalized spacial score (nSPS) is 12.3. The zero-order valence-corrected chi connectivity index (χ0v) is 14.2. The Hall–Kier alpha value is -0.920. The second kappa shape index (κ2) is 7.91. The van der Waals surface area contributed by atoms with E-state index < -0.39 is 10.0 Å². The summed E-state index contributed by atoms with van der Waals surface area (Å²) in [6.45, 7) is 8.72. The highest BCUT2D eigenvalue weighted by Crippen LogP contribution is 2.19. The lowest BCUT2D eigenvalue weighted by Gasteiger charge is -2.09. The van der Waals surface area contributed by atoms with Crippen LogP contribution in [0.2, 0.25) is 0 Å². The van der Waals surface area contributed by atoms with Crippen molar-refractivity contribution in [3.05, 3.63) is 11.4 Å². The first-order valence-corrected chi connectivity index (χ1v) is 8.92. The van der Waals surface area contributed by atoms with E-state index in [1.807, 2.05) is 0 Å². The molecule has 6 nitrogen and oxygen atoms in total. The van der Waals surface area contributed by atoms with Gasteiger partial charge in [0, 0.05) is 19.7 Å². The Bertz CT molecular complexity index is 550. The number of aromatic nitrogens is 2. The zero-order valence-electron chi connectivity index (χ0n) is 13.4. The molecular weight excluding hydrogens is 290 g/mol. The summed E-state index contributed by atoms with van der Waals surface area (Å²) in [5.41, 5.74) is 1.12. The molecule has 0 aliphatic carbocycles. The molecule has 0 aliphatic heterocycles. The Morgan fingerprint density at radius 2 is 1.95 bits per heavy atom. The van der Waals surface area contributed by atoms with Crippen molar-refractivity contribution < 1.29 is 13.5 Å². The van der Waals surface area contributed by atoms with Crippen LogP contribution in [-0.4, -0.2) is 36.5 Å². The van der Waals surface area contributed by atoms with Crippen molar-refractivity contribution in [3.8, 4) is 0 Å². The molecule has 0 unspecified atom stereocenters. The number of aryl methyl sites for hydroxylation is 2. The highest BCUT2D eigenvalue weighted by molar-refractivity contribution is 7.89. The molecule has 0 saturated carbocycles. The fraction of sp³-hybridized carbons (Fsp3) is 0.786. The number of nitrogens with zero attached hydrogens (tertiary/aromatic N) is 2. The smallest absolute Gasteiger partial charge is 0.244 e. The van der Waals surface area contributed by atoms with Crippen LogP contribution in [0.25, 0.3) is 0 Å². The predicted octanol–water partition coefficient (Wildman–Crippen LogP) is 1.60. The van der Waals surface area contributed by atoms with E-state index in [1.165, 1.54) is 0 Å². The lowest BCUT2D eigenvalue weighted by atomic mass is 10.1. The van der Waals surface area contributed by atoms with E-state index >= 15 is 0 Å². The average molecular weight is 317 g/mol. The van der Waals surface area contributed by atoms with Gasteiger partial charge in [-0.1, -0.05) is 13.8 Å². The molecule has 0 aromatic carbocycles. The molecule has 1 heterocycles. The molecule has 0 fully saturated rings. The van der Waals surface area contributed by atoms with Crippen LogP contribution in [0.5, 0.6) is 0 Å². The first kappa shape index (κ1) is 18.1. The van der Waals surface area contributed by atoms with Gasteiger partial charge in [0.25, 0.3) is 0 Å². The van der Waals surface area contributed by atoms with Crippen molar-refractivity contribution in [1.29, 1.82) is 0 Å². The Labute approximate surface area is 127 Å². The minimum atomic E-state index is -3.52. The Balaban J connectivity index is 2.80. The molecule has 7 heteroatoms. The first-order valence-electron chi connectivity index (χ1n) is 7.44. The van der Waals surface area contributed by atoms with Crippen LogP contribution in [0.15, 0.2) is 4.90 Å². The monoisotopic (exact) mass is 317 g/mol. The van der Waals surface area contributed by atoms with E-state index in [4.69, 9.17) is 5.11 Å². The maximum absolute atomic E-state index is 12.4. The quantitative estimate of drug-likeness (QED) is 0.678. The van der Waals surface area contributed by atoms with Gasteiger partial charge in [0.2, 0.25) is 10.0 Å². The number of rotatable bonds is 9. The molecule has 0 atom stereocenters. The molecule has 0 aliphatic rings. The average Bonchev–Trinajstić information content (AvgIpc) is 2.67. The van der Waals surface area contributed by atoms with E-state index in [0.717, 1.165) is 12.8 Å². The van der Waals surface area contributed by atoms with Crippen molar-refractivity contribution >= 4 is 10.0 Å². The lowest BCUT2D eigenvalue weighted by Crippen LogP contribution is -2.26. The van der Waals surface area contributed by atoms with E-state index in [1.54, 1.807) is 18.5 Å². The highest BCUT2D eigenvalue weighted by atomic mass is 32.2. The second-order valence-electron chi connectivity index (χ2n) is 5.73. The van der Waals surface area contributed by atoms with Crippen LogP contribution in [-0.2, 0) is 16.6 Å². The van der Waals surface area contributed by atoms with Gasteiger partial charge in [0.05, 0.1) is 11.4 Å². The molecular formula is C14H27N3O3S. The maximum atomic E-state index is 12.4. The molecule has 2 N–H and O–H groups in total. The number of aliphatic hydroxyl groups is 1. The summed E-state index contributed by atoms with van der Waals surface area (Å²) < 4.78 is 29.1. The predicted molar refractivity (Wildman–Crippen MR) is 82.7 cm³/mol. The molecule has 0 radical (unpaired) electrons. The van der Waals surface area contributed by atoms with Crippen molar-refractivity contribution in [2.45, 2.75) is 58.4 Å². The number of hydrogen-bond acceptors (Lipinski definition) is 4. The van der Waals surface area contributed by atoms with Crippen LogP contribution >= 0.6 is 0 Å². The van der Waals surface area contributed by atoms with Crippen molar-refractivity contribution in [2.75, 3.05) is 13.2 Å². The Morgan fingerprint density at radius 3 is 2.52 bits per heavy atom. The molecule has 0 saturated heterocycles. The van der Waals surface area contributed by atoms with Crippen LogP contribution in [0.1, 0.15) is 44.5 Å². The van der Waals surface area contributed by atoms with Crippen LogP contribution in [0.3, 0.4) is 0 Å². The summed E-state index contributed by atoms with van der Waals surface area (Å²) in [5, 5.41) is 13.1. The number of aliphatic hydroxyl groups excluding tert-OH is 1. The van der Waals surface area contributed by atoms with Gasteiger partial charge >= 0.3 is 0 Å².